The molecule has 0 saturated carbocycles. The van der Waals surface area contributed by atoms with Crippen molar-refractivity contribution in [2.75, 3.05) is 0 Å². The predicted octanol–water partition coefficient (Wildman–Crippen LogP) is 4.07. The van der Waals surface area contributed by atoms with Crippen LogP contribution in [0.2, 0.25) is 0 Å². The molecule has 11 heavy (non-hydrogen) atoms. The van der Waals surface area contributed by atoms with Crippen LogP contribution in [0.4, 0.5) is 0 Å². The molecule has 0 unspecified atom stereocenters. The summed E-state index contributed by atoms with van der Waals surface area (Å²) in [5.74, 6) is 0. The standard InChI is InChI=1S/C11H20/c1-2-8-11-9-6-4-3-5-7-10-11/h9H,2-8,10H2,1H3. The average molecular weight is 152 g/mol. The highest BCUT2D eigenvalue weighted by Gasteiger charge is 1.99. The first kappa shape index (κ1) is 8.83. The molecule has 0 heterocycles. The molecule has 0 saturated heterocycles. The SMILES string of the molecule is CCCC1=CCCCCCC1. The molecule has 0 bridgehead atoms. The van der Waals surface area contributed by atoms with Crippen molar-refractivity contribution in [3.05, 3.63) is 11.6 Å². The van der Waals surface area contributed by atoms with Gasteiger partial charge >= 0.3 is 0 Å². The van der Waals surface area contributed by atoms with Crippen LogP contribution in [0.5, 0.6) is 0 Å². The highest BCUT2D eigenvalue weighted by atomic mass is 14.1. The van der Waals surface area contributed by atoms with Gasteiger partial charge in [-0.25, -0.2) is 0 Å². The third-order valence-corrected chi connectivity index (χ3v) is 2.46. The Bertz CT molecular complexity index is 122. The molecule has 0 fully saturated rings. The Morgan fingerprint density at radius 2 is 2.00 bits per heavy atom. The van der Waals surface area contributed by atoms with Gasteiger partial charge in [0.05, 0.1) is 0 Å². The third-order valence-electron chi connectivity index (χ3n) is 2.46. The normalized spacial score (nSPS) is 20.3. The molecule has 1 aliphatic rings. The van der Waals surface area contributed by atoms with Gasteiger partial charge in [0.15, 0.2) is 0 Å². The quantitative estimate of drug-likeness (QED) is 0.523. The van der Waals surface area contributed by atoms with E-state index in [1.165, 1.54) is 51.4 Å². The molecule has 0 nitrogen and oxygen atoms in total. The molecular formula is C11H20. The van der Waals surface area contributed by atoms with E-state index in [1.54, 1.807) is 5.57 Å². The van der Waals surface area contributed by atoms with Gasteiger partial charge in [-0.2, -0.15) is 0 Å². The van der Waals surface area contributed by atoms with E-state index in [0.717, 1.165) is 0 Å². The predicted molar refractivity (Wildman–Crippen MR) is 50.7 cm³/mol. The van der Waals surface area contributed by atoms with Crippen LogP contribution in [0, 0.1) is 0 Å². The molecule has 0 radical (unpaired) electrons. The van der Waals surface area contributed by atoms with E-state index in [2.05, 4.69) is 13.0 Å². The number of hydrogen-bond acceptors (Lipinski definition) is 0. The van der Waals surface area contributed by atoms with E-state index in [-0.39, 0.29) is 0 Å². The first-order chi connectivity index (χ1) is 5.43. The van der Waals surface area contributed by atoms with Crippen molar-refractivity contribution in [1.29, 1.82) is 0 Å². The second kappa shape index (κ2) is 5.40. The van der Waals surface area contributed by atoms with E-state index >= 15 is 0 Å². The van der Waals surface area contributed by atoms with Crippen molar-refractivity contribution < 1.29 is 0 Å². The first-order valence-corrected chi connectivity index (χ1v) is 5.11. The van der Waals surface area contributed by atoms with E-state index < -0.39 is 0 Å². The molecule has 0 atom stereocenters. The maximum Gasteiger partial charge on any atom is -0.0320 e. The molecular weight excluding hydrogens is 132 g/mol. The Morgan fingerprint density at radius 1 is 1.18 bits per heavy atom. The Balaban J connectivity index is 2.32. The maximum absolute atomic E-state index is 2.49. The summed E-state index contributed by atoms with van der Waals surface area (Å²) in [4.78, 5) is 0. The Kier molecular flexibility index (Phi) is 4.33. The fourth-order valence-electron chi connectivity index (χ4n) is 1.81. The van der Waals surface area contributed by atoms with Gasteiger partial charge in [0.1, 0.15) is 0 Å². The topological polar surface area (TPSA) is 0 Å². The van der Waals surface area contributed by atoms with Crippen LogP contribution in [0.25, 0.3) is 0 Å². The van der Waals surface area contributed by atoms with Gasteiger partial charge in [0, 0.05) is 0 Å². The minimum absolute atomic E-state index is 1.33. The molecule has 0 spiro atoms. The van der Waals surface area contributed by atoms with Gasteiger partial charge < -0.3 is 0 Å². The summed E-state index contributed by atoms with van der Waals surface area (Å²) in [7, 11) is 0. The number of hydrogen-bond donors (Lipinski definition) is 0. The summed E-state index contributed by atoms with van der Waals surface area (Å²) in [6.07, 6.45) is 13.7. The molecule has 64 valence electrons. The summed E-state index contributed by atoms with van der Waals surface area (Å²) in [6, 6.07) is 0. The van der Waals surface area contributed by atoms with Gasteiger partial charge in [-0.15, -0.1) is 0 Å². The average Bonchev–Trinajstić information content (AvgIpc) is 1.94. The highest BCUT2D eigenvalue weighted by Crippen LogP contribution is 2.19. The van der Waals surface area contributed by atoms with Crippen molar-refractivity contribution in [2.24, 2.45) is 0 Å². The van der Waals surface area contributed by atoms with Crippen LogP contribution in [-0.2, 0) is 0 Å². The lowest BCUT2D eigenvalue weighted by Gasteiger charge is -2.09. The van der Waals surface area contributed by atoms with E-state index in [4.69, 9.17) is 0 Å². The van der Waals surface area contributed by atoms with Gasteiger partial charge in [0.2, 0.25) is 0 Å². The second-order valence-electron chi connectivity index (χ2n) is 3.57. The lowest BCUT2D eigenvalue weighted by atomic mass is 9.97. The summed E-state index contributed by atoms with van der Waals surface area (Å²) in [6.45, 7) is 2.28. The minimum atomic E-state index is 1.33. The van der Waals surface area contributed by atoms with Crippen LogP contribution < -0.4 is 0 Å². The molecule has 1 rings (SSSR count). The van der Waals surface area contributed by atoms with Crippen LogP contribution in [-0.4, -0.2) is 0 Å². The smallest absolute Gasteiger partial charge is 0.0320 e. The molecule has 0 amide bonds. The zero-order valence-electron chi connectivity index (χ0n) is 7.73. The molecule has 0 aliphatic heterocycles. The van der Waals surface area contributed by atoms with E-state index in [9.17, 15) is 0 Å². The van der Waals surface area contributed by atoms with Crippen LogP contribution in [0.3, 0.4) is 0 Å². The lowest BCUT2D eigenvalue weighted by Crippen LogP contribution is -1.89. The van der Waals surface area contributed by atoms with Gasteiger partial charge in [-0.3, -0.25) is 0 Å². The Hall–Kier alpha value is -0.260. The maximum atomic E-state index is 2.49. The largest absolute Gasteiger partial charge is 0.0853 e. The van der Waals surface area contributed by atoms with Crippen molar-refractivity contribution in [3.63, 3.8) is 0 Å². The number of rotatable bonds is 2. The molecule has 0 aromatic carbocycles. The van der Waals surface area contributed by atoms with Crippen molar-refractivity contribution >= 4 is 0 Å². The summed E-state index contributed by atoms with van der Waals surface area (Å²) < 4.78 is 0. The third kappa shape index (κ3) is 3.60. The molecule has 0 heteroatoms. The fourth-order valence-corrected chi connectivity index (χ4v) is 1.81. The summed E-state index contributed by atoms with van der Waals surface area (Å²) in [5.41, 5.74) is 1.73. The molecule has 0 aromatic heterocycles. The zero-order valence-corrected chi connectivity index (χ0v) is 7.73. The minimum Gasteiger partial charge on any atom is -0.0853 e. The van der Waals surface area contributed by atoms with Gasteiger partial charge in [-0.05, 0) is 32.1 Å². The van der Waals surface area contributed by atoms with Crippen molar-refractivity contribution in [1.82, 2.24) is 0 Å². The Labute approximate surface area is 70.7 Å². The molecule has 0 N–H and O–H groups in total. The van der Waals surface area contributed by atoms with Crippen molar-refractivity contribution in [3.8, 4) is 0 Å². The second-order valence-corrected chi connectivity index (χ2v) is 3.57. The molecule has 0 aromatic rings. The zero-order chi connectivity index (χ0) is 7.94. The fraction of sp³-hybridized carbons (Fsp3) is 0.818. The van der Waals surface area contributed by atoms with Crippen LogP contribution in [0.1, 0.15) is 58.3 Å². The van der Waals surface area contributed by atoms with Gasteiger partial charge in [0.25, 0.3) is 0 Å². The van der Waals surface area contributed by atoms with E-state index in [0.29, 0.717) is 0 Å². The number of allylic oxidation sites excluding steroid dienone is 2. The summed E-state index contributed by atoms with van der Waals surface area (Å²) >= 11 is 0. The highest BCUT2D eigenvalue weighted by molar-refractivity contribution is 5.02. The Morgan fingerprint density at radius 3 is 2.82 bits per heavy atom. The monoisotopic (exact) mass is 152 g/mol. The van der Waals surface area contributed by atoms with Gasteiger partial charge in [-0.1, -0.05) is 37.8 Å². The van der Waals surface area contributed by atoms with Crippen LogP contribution in [0.15, 0.2) is 11.6 Å². The van der Waals surface area contributed by atoms with Crippen molar-refractivity contribution in [2.45, 2.75) is 58.3 Å². The lowest BCUT2D eigenvalue weighted by molar-refractivity contribution is 0.612. The summed E-state index contributed by atoms with van der Waals surface area (Å²) in [5, 5.41) is 0. The van der Waals surface area contributed by atoms with Crippen LogP contribution >= 0.6 is 0 Å². The van der Waals surface area contributed by atoms with E-state index in [1.807, 2.05) is 0 Å². The first-order valence-electron chi connectivity index (χ1n) is 5.11. The molecule has 1 aliphatic carbocycles.